The average molecular weight is 308 g/mol. The van der Waals surface area contributed by atoms with Gasteiger partial charge in [0.15, 0.2) is 0 Å². The zero-order valence-electron chi connectivity index (χ0n) is 14.3. The van der Waals surface area contributed by atoms with Crippen LogP contribution in [0.3, 0.4) is 0 Å². The van der Waals surface area contributed by atoms with E-state index in [1.165, 1.54) is 16.7 Å². The van der Waals surface area contributed by atoms with Gasteiger partial charge in [-0.15, -0.1) is 0 Å². The highest BCUT2D eigenvalue weighted by molar-refractivity contribution is 5.90. The van der Waals surface area contributed by atoms with Gasteiger partial charge < -0.3 is 4.74 Å². The lowest BCUT2D eigenvalue weighted by Gasteiger charge is -2.07. The lowest BCUT2D eigenvalue weighted by Crippen LogP contribution is -2.03. The zero-order valence-corrected chi connectivity index (χ0v) is 14.3. The van der Waals surface area contributed by atoms with Crippen molar-refractivity contribution in [3.05, 3.63) is 70.8 Å². The van der Waals surface area contributed by atoms with E-state index in [-0.39, 0.29) is 5.97 Å². The first-order valence-electron chi connectivity index (χ1n) is 8.07. The van der Waals surface area contributed by atoms with Gasteiger partial charge in [-0.25, -0.2) is 4.79 Å². The Labute approximate surface area is 138 Å². The van der Waals surface area contributed by atoms with Crippen LogP contribution in [0.5, 0.6) is 0 Å². The Morgan fingerprint density at radius 3 is 2.09 bits per heavy atom. The SMILES string of the molecule is CCOC(=O)c1ccc(C=C(C)c2ccc(C(C)C)cc2)cc1. The first-order chi connectivity index (χ1) is 11.0. The van der Waals surface area contributed by atoms with Crippen molar-refractivity contribution in [2.45, 2.75) is 33.6 Å². The van der Waals surface area contributed by atoms with E-state index in [0.717, 1.165) is 5.56 Å². The van der Waals surface area contributed by atoms with Crippen LogP contribution in [0.25, 0.3) is 11.6 Å². The lowest BCUT2D eigenvalue weighted by atomic mass is 9.98. The van der Waals surface area contributed by atoms with Gasteiger partial charge in [0.2, 0.25) is 0 Å². The summed E-state index contributed by atoms with van der Waals surface area (Å²) < 4.78 is 4.99. The summed E-state index contributed by atoms with van der Waals surface area (Å²) in [7, 11) is 0. The van der Waals surface area contributed by atoms with E-state index in [1.807, 2.05) is 19.1 Å². The lowest BCUT2D eigenvalue weighted by molar-refractivity contribution is 0.0526. The van der Waals surface area contributed by atoms with Crippen LogP contribution in [0.4, 0.5) is 0 Å². The highest BCUT2D eigenvalue weighted by Crippen LogP contribution is 2.21. The van der Waals surface area contributed by atoms with E-state index in [1.54, 1.807) is 12.1 Å². The summed E-state index contributed by atoms with van der Waals surface area (Å²) in [4.78, 5) is 11.6. The Morgan fingerprint density at radius 2 is 1.57 bits per heavy atom. The Hall–Kier alpha value is -2.35. The molecule has 0 spiro atoms. The second kappa shape index (κ2) is 7.77. The second-order valence-corrected chi connectivity index (χ2v) is 5.95. The first kappa shape index (κ1) is 17.0. The van der Waals surface area contributed by atoms with Gasteiger partial charge in [0.05, 0.1) is 12.2 Å². The van der Waals surface area contributed by atoms with Crippen LogP contribution in [-0.4, -0.2) is 12.6 Å². The van der Waals surface area contributed by atoms with Gasteiger partial charge in [-0.1, -0.05) is 56.3 Å². The third-order valence-corrected chi connectivity index (χ3v) is 3.84. The molecule has 23 heavy (non-hydrogen) atoms. The van der Waals surface area contributed by atoms with Gasteiger partial charge >= 0.3 is 5.97 Å². The maximum atomic E-state index is 11.6. The van der Waals surface area contributed by atoms with Crippen LogP contribution in [0.2, 0.25) is 0 Å². The number of allylic oxidation sites excluding steroid dienone is 1. The molecule has 2 aromatic rings. The van der Waals surface area contributed by atoms with Crippen LogP contribution in [0, 0.1) is 0 Å². The largest absolute Gasteiger partial charge is 0.462 e. The van der Waals surface area contributed by atoms with Gasteiger partial charge in [0, 0.05) is 0 Å². The van der Waals surface area contributed by atoms with Crippen molar-refractivity contribution in [1.82, 2.24) is 0 Å². The molecule has 0 radical (unpaired) electrons. The van der Waals surface area contributed by atoms with Crippen molar-refractivity contribution in [3.63, 3.8) is 0 Å². The average Bonchev–Trinajstić information content (AvgIpc) is 2.55. The molecule has 0 aromatic heterocycles. The number of esters is 1. The molecular formula is C21H24O2. The van der Waals surface area contributed by atoms with Crippen LogP contribution < -0.4 is 0 Å². The summed E-state index contributed by atoms with van der Waals surface area (Å²) in [6.07, 6.45) is 2.12. The summed E-state index contributed by atoms with van der Waals surface area (Å²) in [6.45, 7) is 8.70. The van der Waals surface area contributed by atoms with Crippen LogP contribution in [-0.2, 0) is 4.74 Å². The number of carbonyl (C=O) groups is 1. The minimum Gasteiger partial charge on any atom is -0.462 e. The Morgan fingerprint density at radius 1 is 1.00 bits per heavy atom. The normalized spacial score (nSPS) is 11.6. The van der Waals surface area contributed by atoms with Crippen LogP contribution in [0.15, 0.2) is 48.5 Å². The number of rotatable bonds is 5. The quantitative estimate of drug-likeness (QED) is 0.535. The molecule has 120 valence electrons. The van der Waals surface area contributed by atoms with Gasteiger partial charge in [-0.05, 0) is 54.2 Å². The number of hydrogen-bond donors (Lipinski definition) is 0. The predicted molar refractivity (Wildman–Crippen MR) is 96.5 cm³/mol. The van der Waals surface area contributed by atoms with Crippen molar-refractivity contribution in [2.75, 3.05) is 6.61 Å². The molecule has 2 nitrogen and oxygen atoms in total. The summed E-state index contributed by atoms with van der Waals surface area (Å²) in [5.74, 6) is 0.271. The first-order valence-corrected chi connectivity index (χ1v) is 8.07. The molecule has 2 aromatic carbocycles. The van der Waals surface area contributed by atoms with E-state index in [9.17, 15) is 4.79 Å². The molecule has 0 bridgehead atoms. The molecule has 0 atom stereocenters. The van der Waals surface area contributed by atoms with Gasteiger partial charge in [-0.3, -0.25) is 0 Å². The van der Waals surface area contributed by atoms with Crippen molar-refractivity contribution < 1.29 is 9.53 Å². The fraction of sp³-hybridized carbons (Fsp3) is 0.286. The molecule has 0 N–H and O–H groups in total. The number of hydrogen-bond acceptors (Lipinski definition) is 2. The van der Waals surface area contributed by atoms with Crippen LogP contribution >= 0.6 is 0 Å². The third-order valence-electron chi connectivity index (χ3n) is 3.84. The van der Waals surface area contributed by atoms with Crippen LogP contribution in [0.1, 0.15) is 60.7 Å². The summed E-state index contributed by atoms with van der Waals surface area (Å²) in [6, 6.07) is 16.2. The number of carbonyl (C=O) groups excluding carboxylic acids is 1. The molecule has 0 aliphatic carbocycles. The summed E-state index contributed by atoms with van der Waals surface area (Å²) in [5, 5.41) is 0. The number of benzene rings is 2. The molecule has 0 saturated heterocycles. The molecule has 0 saturated carbocycles. The predicted octanol–water partition coefficient (Wildman–Crippen LogP) is 5.55. The highest BCUT2D eigenvalue weighted by Gasteiger charge is 2.05. The number of ether oxygens (including phenoxy) is 1. The summed E-state index contributed by atoms with van der Waals surface area (Å²) in [5.41, 5.74) is 5.42. The molecule has 0 aliphatic rings. The minimum atomic E-state index is -0.274. The van der Waals surface area contributed by atoms with Crippen molar-refractivity contribution in [2.24, 2.45) is 0 Å². The van der Waals surface area contributed by atoms with Crippen molar-refractivity contribution >= 4 is 17.6 Å². The molecule has 2 heteroatoms. The van der Waals surface area contributed by atoms with E-state index in [4.69, 9.17) is 4.74 Å². The topological polar surface area (TPSA) is 26.3 Å². The maximum Gasteiger partial charge on any atom is 0.338 e. The Bertz CT molecular complexity index is 677. The molecule has 0 heterocycles. The van der Waals surface area contributed by atoms with Crippen molar-refractivity contribution in [1.29, 1.82) is 0 Å². The Kier molecular flexibility index (Phi) is 5.75. The highest BCUT2D eigenvalue weighted by atomic mass is 16.5. The van der Waals surface area contributed by atoms with E-state index >= 15 is 0 Å². The second-order valence-electron chi connectivity index (χ2n) is 5.95. The minimum absolute atomic E-state index is 0.274. The van der Waals surface area contributed by atoms with Gasteiger partial charge in [-0.2, -0.15) is 0 Å². The fourth-order valence-corrected chi connectivity index (χ4v) is 2.39. The Balaban J connectivity index is 2.15. The molecule has 0 aliphatic heterocycles. The maximum absolute atomic E-state index is 11.6. The molecule has 0 fully saturated rings. The van der Waals surface area contributed by atoms with Crippen molar-refractivity contribution in [3.8, 4) is 0 Å². The molecule has 0 amide bonds. The third kappa shape index (κ3) is 4.56. The molecule has 0 unspecified atom stereocenters. The standard InChI is InChI=1S/C21H24O2/c1-5-23-21(22)20-8-6-17(7-9-20)14-16(4)19-12-10-18(11-13-19)15(2)3/h6-15H,5H2,1-4H3. The fourth-order valence-electron chi connectivity index (χ4n) is 2.39. The zero-order chi connectivity index (χ0) is 16.8. The van der Waals surface area contributed by atoms with Gasteiger partial charge in [0.25, 0.3) is 0 Å². The molecular weight excluding hydrogens is 284 g/mol. The monoisotopic (exact) mass is 308 g/mol. The smallest absolute Gasteiger partial charge is 0.338 e. The summed E-state index contributed by atoms with van der Waals surface area (Å²) >= 11 is 0. The van der Waals surface area contributed by atoms with E-state index in [0.29, 0.717) is 18.1 Å². The van der Waals surface area contributed by atoms with E-state index < -0.39 is 0 Å². The van der Waals surface area contributed by atoms with Gasteiger partial charge in [0.1, 0.15) is 0 Å². The van der Waals surface area contributed by atoms with E-state index in [2.05, 4.69) is 51.1 Å². The molecule has 2 rings (SSSR count).